The monoisotopic (exact) mass is 456 g/mol. The van der Waals surface area contributed by atoms with Crippen molar-refractivity contribution in [1.82, 2.24) is 10.2 Å². The molecule has 0 unspecified atom stereocenters. The van der Waals surface area contributed by atoms with Gasteiger partial charge in [0.05, 0.1) is 6.61 Å². The van der Waals surface area contributed by atoms with Gasteiger partial charge in [-0.2, -0.15) is 0 Å². The largest absolute Gasteiger partial charge is 0.490 e. The Morgan fingerprint density at radius 1 is 0.882 bits per heavy atom. The third kappa shape index (κ3) is 6.32. The zero-order valence-electron chi connectivity index (χ0n) is 18.7. The Hall–Kier alpha value is -4.39. The minimum Gasteiger partial charge on any atom is -0.490 e. The molecule has 172 valence electrons. The molecule has 0 aliphatic rings. The van der Waals surface area contributed by atoms with E-state index in [9.17, 15) is 4.79 Å². The standard InChI is InChI=1S/C27H24N2O5/c1-2-31-24-17-20(13-15-23(24)32-18-21-9-5-3-6-10-21)14-16-26(30)33-19-25-28-29-27(34-25)22-11-7-4-8-12-22/h3-17H,2,18-19H2,1H3/b16-14+. The van der Waals surface area contributed by atoms with E-state index >= 15 is 0 Å². The van der Waals surface area contributed by atoms with Gasteiger partial charge in [0.2, 0.25) is 5.89 Å². The second kappa shape index (κ2) is 11.5. The Kier molecular flexibility index (Phi) is 7.69. The van der Waals surface area contributed by atoms with Gasteiger partial charge in [0, 0.05) is 11.6 Å². The van der Waals surface area contributed by atoms with Gasteiger partial charge in [-0.25, -0.2) is 4.79 Å². The number of aromatic nitrogens is 2. The Morgan fingerprint density at radius 3 is 2.41 bits per heavy atom. The summed E-state index contributed by atoms with van der Waals surface area (Å²) in [7, 11) is 0. The van der Waals surface area contributed by atoms with Crippen LogP contribution in [-0.2, 0) is 22.7 Å². The molecule has 4 rings (SSSR count). The van der Waals surface area contributed by atoms with Crippen molar-refractivity contribution < 1.29 is 23.4 Å². The molecule has 0 amide bonds. The number of ether oxygens (including phenoxy) is 3. The molecule has 1 heterocycles. The smallest absolute Gasteiger partial charge is 0.331 e. The number of carbonyl (C=O) groups excluding carboxylic acids is 1. The lowest BCUT2D eigenvalue weighted by atomic mass is 10.2. The van der Waals surface area contributed by atoms with Crippen LogP contribution in [-0.4, -0.2) is 22.8 Å². The van der Waals surface area contributed by atoms with Crippen molar-refractivity contribution in [2.45, 2.75) is 20.1 Å². The van der Waals surface area contributed by atoms with Crippen LogP contribution < -0.4 is 9.47 Å². The SMILES string of the molecule is CCOc1cc(/C=C/C(=O)OCc2nnc(-c3ccccc3)o2)ccc1OCc1ccccc1. The van der Waals surface area contributed by atoms with E-state index in [0.29, 0.717) is 30.6 Å². The van der Waals surface area contributed by atoms with E-state index in [0.717, 1.165) is 16.7 Å². The molecule has 3 aromatic carbocycles. The molecule has 0 bridgehead atoms. The summed E-state index contributed by atoms with van der Waals surface area (Å²) < 4.78 is 22.4. The summed E-state index contributed by atoms with van der Waals surface area (Å²) >= 11 is 0. The maximum absolute atomic E-state index is 12.1. The maximum Gasteiger partial charge on any atom is 0.331 e. The molecule has 0 saturated carbocycles. The lowest BCUT2D eigenvalue weighted by Crippen LogP contribution is -2.01. The highest BCUT2D eigenvalue weighted by atomic mass is 16.5. The van der Waals surface area contributed by atoms with Gasteiger partial charge in [-0.15, -0.1) is 10.2 Å². The topological polar surface area (TPSA) is 83.7 Å². The predicted molar refractivity (Wildman–Crippen MR) is 127 cm³/mol. The van der Waals surface area contributed by atoms with Crippen molar-refractivity contribution in [3.8, 4) is 23.0 Å². The Morgan fingerprint density at radius 2 is 1.65 bits per heavy atom. The summed E-state index contributed by atoms with van der Waals surface area (Å²) in [5.41, 5.74) is 2.64. The van der Waals surface area contributed by atoms with Crippen LogP contribution in [0.4, 0.5) is 0 Å². The van der Waals surface area contributed by atoms with Crippen molar-refractivity contribution >= 4 is 12.0 Å². The average Bonchev–Trinajstić information content (AvgIpc) is 3.36. The normalized spacial score (nSPS) is 10.9. The number of nitrogens with zero attached hydrogens (tertiary/aromatic N) is 2. The molecule has 34 heavy (non-hydrogen) atoms. The lowest BCUT2D eigenvalue weighted by Gasteiger charge is -2.12. The first-order valence-electron chi connectivity index (χ1n) is 10.9. The fraction of sp³-hybridized carbons (Fsp3) is 0.148. The van der Waals surface area contributed by atoms with Gasteiger partial charge in [0.15, 0.2) is 18.1 Å². The second-order valence-corrected chi connectivity index (χ2v) is 7.22. The third-order valence-corrected chi connectivity index (χ3v) is 4.74. The molecule has 7 heteroatoms. The second-order valence-electron chi connectivity index (χ2n) is 7.22. The van der Waals surface area contributed by atoms with Crippen LogP contribution in [0.1, 0.15) is 23.9 Å². The van der Waals surface area contributed by atoms with Crippen LogP contribution in [0, 0.1) is 0 Å². The Balaban J connectivity index is 1.33. The summed E-state index contributed by atoms with van der Waals surface area (Å²) in [6, 6.07) is 24.8. The fourth-order valence-electron chi connectivity index (χ4n) is 3.11. The summed E-state index contributed by atoms with van der Waals surface area (Å²) in [6.45, 7) is 2.72. The van der Waals surface area contributed by atoms with Gasteiger partial charge >= 0.3 is 5.97 Å². The van der Waals surface area contributed by atoms with Crippen molar-refractivity contribution in [3.63, 3.8) is 0 Å². The summed E-state index contributed by atoms with van der Waals surface area (Å²) in [4.78, 5) is 12.1. The molecule has 1 aromatic heterocycles. The minimum atomic E-state index is -0.526. The predicted octanol–water partition coefficient (Wildman–Crippen LogP) is 5.47. The highest BCUT2D eigenvalue weighted by Crippen LogP contribution is 2.30. The van der Waals surface area contributed by atoms with Gasteiger partial charge in [-0.3, -0.25) is 0 Å². The lowest BCUT2D eigenvalue weighted by molar-refractivity contribution is -0.139. The van der Waals surface area contributed by atoms with Crippen molar-refractivity contribution in [1.29, 1.82) is 0 Å². The van der Waals surface area contributed by atoms with E-state index < -0.39 is 5.97 Å². The molecular formula is C27H24N2O5. The van der Waals surface area contributed by atoms with Gasteiger partial charge in [-0.05, 0) is 48.4 Å². The molecule has 7 nitrogen and oxygen atoms in total. The van der Waals surface area contributed by atoms with Gasteiger partial charge in [0.25, 0.3) is 5.89 Å². The number of hydrogen-bond acceptors (Lipinski definition) is 7. The minimum absolute atomic E-state index is 0.112. The highest BCUT2D eigenvalue weighted by molar-refractivity contribution is 5.87. The van der Waals surface area contributed by atoms with Gasteiger partial charge < -0.3 is 18.6 Å². The molecular weight excluding hydrogens is 432 g/mol. The zero-order valence-corrected chi connectivity index (χ0v) is 18.7. The van der Waals surface area contributed by atoms with E-state index in [2.05, 4.69) is 10.2 Å². The zero-order chi connectivity index (χ0) is 23.6. The number of benzene rings is 3. The first-order chi connectivity index (χ1) is 16.7. The molecule has 0 spiro atoms. The van der Waals surface area contributed by atoms with Crippen LogP contribution in [0.2, 0.25) is 0 Å². The fourth-order valence-corrected chi connectivity index (χ4v) is 3.11. The van der Waals surface area contributed by atoms with Gasteiger partial charge in [0.1, 0.15) is 6.61 Å². The van der Waals surface area contributed by atoms with Crippen LogP contribution in [0.5, 0.6) is 11.5 Å². The summed E-state index contributed by atoms with van der Waals surface area (Å²) in [5, 5.41) is 7.89. The van der Waals surface area contributed by atoms with E-state index in [-0.39, 0.29) is 12.5 Å². The van der Waals surface area contributed by atoms with Crippen LogP contribution in [0.15, 0.2) is 89.4 Å². The molecule has 0 atom stereocenters. The van der Waals surface area contributed by atoms with Crippen LogP contribution in [0.25, 0.3) is 17.5 Å². The molecule has 0 N–H and O–H groups in total. The van der Waals surface area contributed by atoms with Crippen molar-refractivity contribution in [3.05, 3.63) is 102 Å². The molecule has 0 radical (unpaired) electrons. The third-order valence-electron chi connectivity index (χ3n) is 4.74. The van der Waals surface area contributed by atoms with E-state index in [1.54, 1.807) is 6.08 Å². The number of esters is 1. The first kappa shape index (κ1) is 22.8. The molecule has 0 fully saturated rings. The van der Waals surface area contributed by atoms with Crippen LogP contribution >= 0.6 is 0 Å². The van der Waals surface area contributed by atoms with Gasteiger partial charge in [-0.1, -0.05) is 54.6 Å². The summed E-state index contributed by atoms with van der Waals surface area (Å²) in [6.07, 6.45) is 2.99. The van der Waals surface area contributed by atoms with Crippen LogP contribution in [0.3, 0.4) is 0 Å². The first-order valence-corrected chi connectivity index (χ1v) is 10.9. The van der Waals surface area contributed by atoms with E-state index in [4.69, 9.17) is 18.6 Å². The van der Waals surface area contributed by atoms with Crippen molar-refractivity contribution in [2.75, 3.05) is 6.61 Å². The molecule has 0 saturated heterocycles. The quantitative estimate of drug-likeness (QED) is 0.231. The number of hydrogen-bond donors (Lipinski definition) is 0. The van der Waals surface area contributed by atoms with E-state index in [1.807, 2.05) is 85.8 Å². The Bertz CT molecular complexity index is 1240. The molecule has 0 aliphatic carbocycles. The molecule has 0 aliphatic heterocycles. The summed E-state index contributed by atoms with van der Waals surface area (Å²) in [5.74, 6) is 1.31. The highest BCUT2D eigenvalue weighted by Gasteiger charge is 2.10. The maximum atomic E-state index is 12.1. The molecule has 4 aromatic rings. The van der Waals surface area contributed by atoms with Crippen molar-refractivity contribution in [2.24, 2.45) is 0 Å². The average molecular weight is 456 g/mol. The Labute approximate surface area is 197 Å². The number of rotatable bonds is 10. The van der Waals surface area contributed by atoms with E-state index in [1.165, 1.54) is 6.08 Å². The number of carbonyl (C=O) groups is 1.